The topological polar surface area (TPSA) is 18.8 Å². The van der Waals surface area contributed by atoms with E-state index in [4.69, 9.17) is 0 Å². The van der Waals surface area contributed by atoms with Crippen LogP contribution in [-0.4, -0.2) is 50.5 Å². The lowest BCUT2D eigenvalue weighted by atomic mass is 10.6. The van der Waals surface area contributed by atoms with E-state index in [9.17, 15) is 0 Å². The number of guanidine groups is 1. The van der Waals surface area contributed by atoms with E-state index in [1.54, 1.807) is 0 Å². The third-order valence-electron chi connectivity index (χ3n) is 1.28. The molecule has 0 heterocycles. The summed E-state index contributed by atoms with van der Waals surface area (Å²) in [6.45, 7) is 2.39. The normalized spacial score (nSPS) is 7.46. The summed E-state index contributed by atoms with van der Waals surface area (Å²) >= 11 is 0. The van der Waals surface area contributed by atoms with E-state index in [0.717, 1.165) is 5.96 Å². The molecule has 0 radical (unpaired) electrons. The summed E-state index contributed by atoms with van der Waals surface area (Å²) in [5.74, 6) is 6.65. The predicted octanol–water partition coefficient (Wildman–Crippen LogP) is 1.11. The fraction of sp³-hybridized carbons (Fsp3) is 0.667. The minimum atomic E-state index is 0. The lowest BCUT2D eigenvalue weighted by Gasteiger charge is -2.22. The van der Waals surface area contributed by atoms with Crippen LogP contribution in [0.25, 0.3) is 0 Å². The third-order valence-corrected chi connectivity index (χ3v) is 1.28. The minimum Gasteiger partial charge on any atom is -0.349 e. The first-order valence-corrected chi connectivity index (χ1v) is 3.88. The molecule has 0 N–H and O–H groups in total. The Labute approximate surface area is 98.2 Å². The van der Waals surface area contributed by atoms with Gasteiger partial charge in [0.05, 0.1) is 0 Å². The highest BCUT2D eigenvalue weighted by atomic mass is 127. The van der Waals surface area contributed by atoms with E-state index in [2.05, 4.69) is 16.8 Å². The highest BCUT2D eigenvalue weighted by molar-refractivity contribution is 14.0. The van der Waals surface area contributed by atoms with Crippen molar-refractivity contribution in [3.63, 3.8) is 0 Å². The van der Waals surface area contributed by atoms with E-state index in [1.165, 1.54) is 0 Å². The summed E-state index contributed by atoms with van der Waals surface area (Å²) in [7, 11) is 7.88. The summed E-state index contributed by atoms with van der Waals surface area (Å²) in [5.41, 5.74) is 0. The predicted molar refractivity (Wildman–Crippen MR) is 68.5 cm³/mol. The maximum Gasteiger partial charge on any atom is 0.196 e. The lowest BCUT2D eigenvalue weighted by Crippen LogP contribution is -2.35. The van der Waals surface area contributed by atoms with Crippen molar-refractivity contribution in [2.75, 3.05) is 34.7 Å². The summed E-state index contributed by atoms with van der Waals surface area (Å²) in [6, 6.07) is 0. The molecule has 0 aliphatic rings. The molecule has 0 unspecified atom stereocenters. The molecule has 0 aliphatic heterocycles. The van der Waals surface area contributed by atoms with Gasteiger partial charge < -0.3 is 9.80 Å². The van der Waals surface area contributed by atoms with Gasteiger partial charge in [-0.3, -0.25) is 0 Å². The van der Waals surface area contributed by atoms with Crippen LogP contribution < -0.4 is 0 Å². The van der Waals surface area contributed by atoms with Gasteiger partial charge in [0.15, 0.2) is 5.96 Å². The maximum atomic E-state index is 4.31. The van der Waals surface area contributed by atoms with Gasteiger partial charge in [-0.25, -0.2) is 4.99 Å². The summed E-state index contributed by atoms with van der Waals surface area (Å²) in [6.07, 6.45) is 0. The SMILES string of the molecule is CC#CCN=C(N(C)C)N(C)C.I. The Morgan fingerprint density at radius 1 is 1.15 bits per heavy atom. The monoisotopic (exact) mass is 295 g/mol. The van der Waals surface area contributed by atoms with Gasteiger partial charge in [-0.1, -0.05) is 5.92 Å². The molecule has 0 amide bonds. The Hall–Kier alpha value is -0.440. The van der Waals surface area contributed by atoms with Crippen LogP contribution in [0.2, 0.25) is 0 Å². The van der Waals surface area contributed by atoms with Gasteiger partial charge in [0.1, 0.15) is 6.54 Å². The van der Waals surface area contributed by atoms with Crippen LogP contribution in [-0.2, 0) is 0 Å². The Morgan fingerprint density at radius 3 is 1.92 bits per heavy atom. The molecule has 0 aromatic carbocycles. The summed E-state index contributed by atoms with van der Waals surface area (Å²) < 4.78 is 0. The van der Waals surface area contributed by atoms with E-state index in [0.29, 0.717) is 6.54 Å². The van der Waals surface area contributed by atoms with Gasteiger partial charge >= 0.3 is 0 Å². The second-order valence-electron chi connectivity index (χ2n) is 2.83. The molecule has 0 saturated carbocycles. The molecule has 0 saturated heterocycles. The number of hydrogen-bond acceptors (Lipinski definition) is 1. The molecule has 0 bridgehead atoms. The number of nitrogens with zero attached hydrogens (tertiary/aromatic N) is 3. The lowest BCUT2D eigenvalue weighted by molar-refractivity contribution is 0.481. The second kappa shape index (κ2) is 8.17. The van der Waals surface area contributed by atoms with Crippen LogP contribution in [0.4, 0.5) is 0 Å². The largest absolute Gasteiger partial charge is 0.349 e. The van der Waals surface area contributed by atoms with Crippen LogP contribution in [0, 0.1) is 11.8 Å². The van der Waals surface area contributed by atoms with Crippen molar-refractivity contribution in [1.82, 2.24) is 9.80 Å². The maximum absolute atomic E-state index is 4.31. The van der Waals surface area contributed by atoms with Gasteiger partial charge in [0.2, 0.25) is 0 Å². The molecule has 76 valence electrons. The molecular formula is C9H18IN3. The Bertz CT molecular complexity index is 201. The third kappa shape index (κ3) is 6.70. The van der Waals surface area contributed by atoms with Gasteiger partial charge in [-0.15, -0.1) is 29.9 Å². The quantitative estimate of drug-likeness (QED) is 0.312. The zero-order valence-electron chi connectivity index (χ0n) is 8.96. The molecule has 0 atom stereocenters. The molecule has 13 heavy (non-hydrogen) atoms. The molecule has 4 heteroatoms. The number of rotatable bonds is 1. The van der Waals surface area contributed by atoms with Gasteiger partial charge in [0.25, 0.3) is 0 Å². The molecule has 0 rings (SSSR count). The summed E-state index contributed by atoms with van der Waals surface area (Å²) in [4.78, 5) is 8.25. The second-order valence-corrected chi connectivity index (χ2v) is 2.83. The van der Waals surface area contributed by atoms with Crippen LogP contribution in [0.5, 0.6) is 0 Å². The molecule has 0 fully saturated rings. The van der Waals surface area contributed by atoms with Crippen molar-refractivity contribution in [3.05, 3.63) is 0 Å². The molecule has 0 aromatic heterocycles. The zero-order chi connectivity index (χ0) is 9.56. The Kier molecular flexibility index (Phi) is 9.46. The summed E-state index contributed by atoms with van der Waals surface area (Å²) in [5, 5.41) is 0. The van der Waals surface area contributed by atoms with E-state index < -0.39 is 0 Å². The smallest absolute Gasteiger partial charge is 0.196 e. The zero-order valence-corrected chi connectivity index (χ0v) is 11.3. The van der Waals surface area contributed by atoms with E-state index in [1.807, 2.05) is 44.9 Å². The number of aliphatic imine (C=N–C) groups is 1. The van der Waals surface area contributed by atoms with Crippen molar-refractivity contribution >= 4 is 29.9 Å². The Morgan fingerprint density at radius 2 is 1.62 bits per heavy atom. The first-order chi connectivity index (χ1) is 5.59. The molecule has 0 aromatic rings. The van der Waals surface area contributed by atoms with Crippen LogP contribution in [0.15, 0.2) is 4.99 Å². The average molecular weight is 295 g/mol. The number of hydrogen-bond donors (Lipinski definition) is 0. The molecule has 0 spiro atoms. The highest BCUT2D eigenvalue weighted by Crippen LogP contribution is 1.87. The standard InChI is InChI=1S/C9H17N3.HI/c1-6-7-8-10-9(11(2)3)12(4)5;/h8H2,1-5H3;1H. The van der Waals surface area contributed by atoms with Crippen molar-refractivity contribution in [2.24, 2.45) is 4.99 Å². The average Bonchev–Trinajstić information content (AvgIpc) is 1.96. The first-order valence-electron chi connectivity index (χ1n) is 3.88. The fourth-order valence-corrected chi connectivity index (χ4v) is 0.872. The first kappa shape index (κ1) is 15.1. The van der Waals surface area contributed by atoms with Crippen molar-refractivity contribution in [3.8, 4) is 11.8 Å². The molecule has 3 nitrogen and oxygen atoms in total. The van der Waals surface area contributed by atoms with E-state index in [-0.39, 0.29) is 24.0 Å². The molecular weight excluding hydrogens is 277 g/mol. The number of halogens is 1. The van der Waals surface area contributed by atoms with Gasteiger partial charge in [-0.2, -0.15) is 0 Å². The van der Waals surface area contributed by atoms with Crippen LogP contribution >= 0.6 is 24.0 Å². The van der Waals surface area contributed by atoms with E-state index >= 15 is 0 Å². The van der Waals surface area contributed by atoms with Crippen molar-refractivity contribution in [2.45, 2.75) is 6.92 Å². The Balaban J connectivity index is 0. The van der Waals surface area contributed by atoms with Gasteiger partial charge in [0, 0.05) is 28.2 Å². The fourth-order valence-electron chi connectivity index (χ4n) is 0.872. The van der Waals surface area contributed by atoms with Gasteiger partial charge in [-0.05, 0) is 6.92 Å². The van der Waals surface area contributed by atoms with Crippen LogP contribution in [0.1, 0.15) is 6.92 Å². The van der Waals surface area contributed by atoms with Crippen molar-refractivity contribution < 1.29 is 0 Å². The highest BCUT2D eigenvalue weighted by Gasteiger charge is 2.01. The van der Waals surface area contributed by atoms with Crippen LogP contribution in [0.3, 0.4) is 0 Å². The molecule has 0 aliphatic carbocycles. The minimum absolute atomic E-state index is 0. The van der Waals surface area contributed by atoms with Crippen molar-refractivity contribution in [1.29, 1.82) is 0 Å².